The van der Waals surface area contributed by atoms with Crippen molar-refractivity contribution in [3.63, 3.8) is 0 Å². The third kappa shape index (κ3) is 7.31. The molecule has 6 rings (SSSR count). The van der Waals surface area contributed by atoms with Gasteiger partial charge in [-0.2, -0.15) is 23.1 Å². The van der Waals surface area contributed by atoms with Crippen LogP contribution in [0.3, 0.4) is 0 Å². The van der Waals surface area contributed by atoms with Crippen molar-refractivity contribution in [1.82, 2.24) is 24.4 Å². The molecule has 3 aliphatic rings. The molecule has 0 spiro atoms. The summed E-state index contributed by atoms with van der Waals surface area (Å²) in [6.07, 6.45) is -0.808. The summed E-state index contributed by atoms with van der Waals surface area (Å²) in [6.45, 7) is 9.56. The van der Waals surface area contributed by atoms with E-state index in [2.05, 4.69) is 24.8 Å². The number of aromatic nitrogens is 4. The number of halogens is 6. The van der Waals surface area contributed by atoms with E-state index in [1.165, 1.54) is 25.0 Å². The molecule has 0 amide bonds. The van der Waals surface area contributed by atoms with E-state index in [9.17, 15) is 22.0 Å². The van der Waals surface area contributed by atoms with Gasteiger partial charge in [0.1, 0.15) is 0 Å². The maximum absolute atomic E-state index is 13.8. The van der Waals surface area contributed by atoms with E-state index in [0.717, 1.165) is 25.3 Å². The molecule has 1 saturated carbocycles. The van der Waals surface area contributed by atoms with E-state index in [1.807, 2.05) is 27.8 Å². The van der Waals surface area contributed by atoms with Crippen molar-refractivity contribution < 1.29 is 26.7 Å². The number of anilines is 1. The van der Waals surface area contributed by atoms with Gasteiger partial charge in [-0.15, -0.1) is 0 Å². The Morgan fingerprint density at radius 3 is 2.19 bits per heavy atom. The number of hydrogen-bond donors (Lipinski definition) is 0. The van der Waals surface area contributed by atoms with Crippen molar-refractivity contribution >= 4 is 28.6 Å². The second kappa shape index (κ2) is 13.4. The number of rotatable bonds is 4. The zero-order valence-corrected chi connectivity index (χ0v) is 25.1. The van der Waals surface area contributed by atoms with Gasteiger partial charge in [0.15, 0.2) is 17.0 Å². The highest BCUT2D eigenvalue weighted by atomic mass is 35.5. The average molecular weight is 617 g/mol. The molecule has 13 heteroatoms. The van der Waals surface area contributed by atoms with E-state index < -0.39 is 23.7 Å². The molecule has 2 aliphatic heterocycles. The molecule has 232 valence electrons. The van der Waals surface area contributed by atoms with Crippen molar-refractivity contribution in [2.45, 2.75) is 70.6 Å². The van der Waals surface area contributed by atoms with E-state index in [1.54, 1.807) is 10.9 Å². The smallest absolute Gasteiger partial charge is 0.381 e. The van der Waals surface area contributed by atoms with Crippen LogP contribution in [-0.4, -0.2) is 69.2 Å². The zero-order chi connectivity index (χ0) is 30.7. The molecule has 2 atom stereocenters. The maximum Gasteiger partial charge on any atom is 0.416 e. The number of hydrogen-bond acceptors (Lipinski definition) is 6. The number of nitrogens with zero attached hydrogens (tertiary/aromatic N) is 6. The lowest BCUT2D eigenvalue weighted by Gasteiger charge is -2.49. The van der Waals surface area contributed by atoms with Gasteiger partial charge in [0.2, 0.25) is 11.2 Å². The quantitative estimate of drug-likeness (QED) is 0.229. The summed E-state index contributed by atoms with van der Waals surface area (Å²) in [5.41, 5.74) is 1.09. The third-order valence-corrected chi connectivity index (χ3v) is 7.98. The highest BCUT2D eigenvalue weighted by molar-refractivity contribution is 6.28. The van der Waals surface area contributed by atoms with Crippen LogP contribution in [0.5, 0.6) is 0 Å². The molecule has 2 aromatic heterocycles. The van der Waals surface area contributed by atoms with Crippen LogP contribution < -0.4 is 4.90 Å². The van der Waals surface area contributed by atoms with Crippen molar-refractivity contribution in [2.75, 3.05) is 37.7 Å². The number of piperazine rings is 1. The first-order valence-corrected chi connectivity index (χ1v) is 14.8. The Kier molecular flexibility index (Phi) is 10.3. The van der Waals surface area contributed by atoms with Gasteiger partial charge in [-0.3, -0.25) is 4.90 Å². The first-order chi connectivity index (χ1) is 19.9. The number of ether oxygens (including phenoxy) is 1. The zero-order valence-electron chi connectivity index (χ0n) is 24.3. The molecule has 0 N–H and O–H groups in total. The van der Waals surface area contributed by atoms with E-state index >= 15 is 0 Å². The lowest BCUT2D eigenvalue weighted by Crippen LogP contribution is -2.56. The predicted molar refractivity (Wildman–Crippen MR) is 153 cm³/mol. The molecule has 2 unspecified atom stereocenters. The summed E-state index contributed by atoms with van der Waals surface area (Å²) < 4.78 is 73.5. The molecule has 1 aliphatic carbocycles. The number of imidazole rings is 1. The van der Waals surface area contributed by atoms with Gasteiger partial charge in [-0.1, -0.05) is 26.0 Å². The first kappa shape index (κ1) is 32.3. The molecule has 0 radical (unpaired) electrons. The van der Waals surface area contributed by atoms with Crippen LogP contribution in [-0.2, 0) is 18.0 Å². The largest absolute Gasteiger partial charge is 0.416 e. The molecule has 2 saturated heterocycles. The fraction of sp³-hybridized carbons (Fsp3) is 0.621. The molecule has 3 fully saturated rings. The van der Waals surface area contributed by atoms with Gasteiger partial charge in [0.05, 0.1) is 11.9 Å². The number of fused-ring (bicyclic) bond motifs is 1. The lowest BCUT2D eigenvalue weighted by atomic mass is 9.73. The molecular weight excluding hydrogens is 579 g/mol. The molecule has 1 aromatic carbocycles. The van der Waals surface area contributed by atoms with Crippen molar-refractivity contribution in [2.24, 2.45) is 13.0 Å². The Labute approximate surface area is 248 Å². The van der Waals surface area contributed by atoms with Gasteiger partial charge < -0.3 is 14.2 Å². The summed E-state index contributed by atoms with van der Waals surface area (Å²) in [7, 11) is 1.81. The van der Waals surface area contributed by atoms with E-state index in [0.29, 0.717) is 42.2 Å². The SMILES string of the molecule is C1CCOC1.CC.CC1CN(C(c2ccc(C(F)(F)F)cc2)C2CC(F)(F)C2)CCN1c1nc(Cl)nc2c1ncn2C. The Hall–Kier alpha value is -2.57. The van der Waals surface area contributed by atoms with Gasteiger partial charge in [0.25, 0.3) is 0 Å². The van der Waals surface area contributed by atoms with Crippen molar-refractivity contribution in [1.29, 1.82) is 0 Å². The van der Waals surface area contributed by atoms with Crippen LogP contribution in [0.2, 0.25) is 5.28 Å². The van der Waals surface area contributed by atoms with Gasteiger partial charge in [-0.25, -0.2) is 13.8 Å². The van der Waals surface area contributed by atoms with E-state index in [4.69, 9.17) is 16.3 Å². The number of aryl methyl sites for hydroxylation is 1. The Morgan fingerprint density at radius 1 is 1.02 bits per heavy atom. The monoisotopic (exact) mass is 616 g/mol. The summed E-state index contributed by atoms with van der Waals surface area (Å²) in [5.74, 6) is -2.46. The van der Waals surface area contributed by atoms with Crippen LogP contribution in [0.1, 0.15) is 63.6 Å². The second-order valence-corrected chi connectivity index (χ2v) is 11.1. The van der Waals surface area contributed by atoms with Crippen LogP contribution in [0.15, 0.2) is 30.6 Å². The number of benzene rings is 1. The average Bonchev–Trinajstić information content (AvgIpc) is 3.63. The minimum Gasteiger partial charge on any atom is -0.381 e. The second-order valence-electron chi connectivity index (χ2n) is 10.8. The third-order valence-electron chi connectivity index (χ3n) is 7.81. The summed E-state index contributed by atoms with van der Waals surface area (Å²) in [6, 6.07) is 4.42. The van der Waals surface area contributed by atoms with Crippen molar-refractivity contribution in [3.05, 3.63) is 47.0 Å². The number of alkyl halides is 5. The highest BCUT2D eigenvalue weighted by Crippen LogP contribution is 2.51. The Morgan fingerprint density at radius 2 is 1.67 bits per heavy atom. The fourth-order valence-electron chi connectivity index (χ4n) is 5.81. The van der Waals surface area contributed by atoms with Crippen LogP contribution >= 0.6 is 11.6 Å². The summed E-state index contributed by atoms with van der Waals surface area (Å²) in [4.78, 5) is 17.2. The molecule has 4 heterocycles. The van der Waals surface area contributed by atoms with Crippen LogP contribution in [0.25, 0.3) is 11.2 Å². The highest BCUT2D eigenvalue weighted by Gasteiger charge is 2.50. The minimum absolute atomic E-state index is 0.0718. The molecule has 42 heavy (non-hydrogen) atoms. The minimum atomic E-state index is -4.45. The molecule has 3 aromatic rings. The van der Waals surface area contributed by atoms with E-state index in [-0.39, 0.29) is 30.1 Å². The molecule has 7 nitrogen and oxygen atoms in total. The van der Waals surface area contributed by atoms with Gasteiger partial charge in [-0.05, 0) is 55.0 Å². The maximum atomic E-state index is 13.8. The van der Waals surface area contributed by atoms with Gasteiger partial charge >= 0.3 is 6.18 Å². The first-order valence-electron chi connectivity index (χ1n) is 14.4. The normalized spacial score (nSPS) is 21.7. The molecule has 0 bridgehead atoms. The topological polar surface area (TPSA) is 59.3 Å². The standard InChI is InChI=1S/C23H24ClF5N6.C4H8O.C2H6/c1-13-11-34(7-8-35(13)20-17-19(31-21(24)32-20)33(2)12-30-17)18(15-9-22(25,26)10-15)14-3-5-16(6-4-14)23(27,28)29;1-2-4-5-3-1;1-2/h3-6,12-13,15,18H,7-11H2,1-2H3;1-4H2;1-2H3. The summed E-state index contributed by atoms with van der Waals surface area (Å²) in [5, 5.41) is 0.102. The lowest BCUT2D eigenvalue weighted by molar-refractivity contribution is -0.137. The van der Waals surface area contributed by atoms with Crippen LogP contribution in [0, 0.1) is 5.92 Å². The van der Waals surface area contributed by atoms with Crippen LogP contribution in [0.4, 0.5) is 27.8 Å². The van der Waals surface area contributed by atoms with Gasteiger partial charge in [0, 0.05) is 64.8 Å². The molecular formula is C29H38ClF5N6O. The Bertz CT molecular complexity index is 1300. The summed E-state index contributed by atoms with van der Waals surface area (Å²) >= 11 is 6.17. The van der Waals surface area contributed by atoms with Crippen molar-refractivity contribution in [3.8, 4) is 0 Å². The predicted octanol–water partition coefficient (Wildman–Crippen LogP) is 7.16. The fourth-order valence-corrected chi connectivity index (χ4v) is 5.97. The Balaban J connectivity index is 0.000000516.